The molecule has 0 aliphatic carbocycles. The minimum Gasteiger partial charge on any atom is -0.305 e. The minimum absolute atomic E-state index is 0.0249. The van der Waals surface area contributed by atoms with E-state index in [0.29, 0.717) is 12.5 Å². The second-order valence-electron chi connectivity index (χ2n) is 5.24. The van der Waals surface area contributed by atoms with Crippen molar-refractivity contribution in [3.8, 4) is 0 Å². The molecule has 0 spiro atoms. The molecule has 1 atom stereocenters. The fourth-order valence-electron chi connectivity index (χ4n) is 2.90. The van der Waals surface area contributed by atoms with Gasteiger partial charge in [-0.25, -0.2) is 4.98 Å². The van der Waals surface area contributed by atoms with Crippen LogP contribution in [0.2, 0.25) is 0 Å². The molecule has 1 aliphatic rings. The zero-order valence-corrected chi connectivity index (χ0v) is 12.2. The molecule has 104 valence electrons. The first-order valence-electron chi connectivity index (χ1n) is 6.99. The molecule has 4 rings (SSSR count). The van der Waals surface area contributed by atoms with Crippen LogP contribution in [0.1, 0.15) is 11.5 Å². The summed E-state index contributed by atoms with van der Waals surface area (Å²) in [6.07, 6.45) is 1.43. The molecule has 2 aromatic carbocycles. The largest absolute Gasteiger partial charge is 0.305 e. The third-order valence-corrected chi connectivity index (χ3v) is 5.21. The highest BCUT2D eigenvalue weighted by molar-refractivity contribution is 7.99. The van der Waals surface area contributed by atoms with Gasteiger partial charge in [0.1, 0.15) is 0 Å². The third-order valence-electron chi connectivity index (χ3n) is 3.95. The fraction of sp³-hybridized carbons (Fsp3) is 0.176. The van der Waals surface area contributed by atoms with Gasteiger partial charge in [0.15, 0.2) is 0 Å². The van der Waals surface area contributed by atoms with Gasteiger partial charge in [-0.1, -0.05) is 30.3 Å². The number of nitrogens with zero attached hydrogens (tertiary/aromatic N) is 2. The average Bonchev–Trinajstić information content (AvgIpc) is 2.93. The smallest absolute Gasteiger partial charge is 0.269 e. The molecule has 0 saturated heterocycles. The van der Waals surface area contributed by atoms with Crippen LogP contribution in [-0.4, -0.2) is 15.3 Å². The molecule has 21 heavy (non-hydrogen) atoms. The third kappa shape index (κ3) is 2.16. The van der Waals surface area contributed by atoms with Crippen LogP contribution in [0.15, 0.2) is 64.4 Å². The summed E-state index contributed by atoms with van der Waals surface area (Å²) in [6, 6.07) is 16.3. The zero-order chi connectivity index (χ0) is 14.2. The predicted molar refractivity (Wildman–Crippen MR) is 85.9 cm³/mol. The van der Waals surface area contributed by atoms with Crippen molar-refractivity contribution in [3.63, 3.8) is 0 Å². The molecule has 0 bridgehead atoms. The molecule has 4 heteroatoms. The van der Waals surface area contributed by atoms with Crippen molar-refractivity contribution < 1.29 is 0 Å². The molecule has 2 heterocycles. The van der Waals surface area contributed by atoms with Gasteiger partial charge in [0.05, 0.1) is 17.2 Å². The van der Waals surface area contributed by atoms with Gasteiger partial charge in [-0.3, -0.25) is 4.79 Å². The second-order valence-corrected chi connectivity index (χ2v) is 6.30. The van der Waals surface area contributed by atoms with Gasteiger partial charge in [-0.05, 0) is 23.8 Å². The van der Waals surface area contributed by atoms with E-state index >= 15 is 0 Å². The van der Waals surface area contributed by atoms with E-state index in [1.54, 1.807) is 0 Å². The highest BCUT2D eigenvalue weighted by Gasteiger charge is 2.23. The van der Waals surface area contributed by atoms with Crippen LogP contribution >= 0.6 is 11.8 Å². The summed E-state index contributed by atoms with van der Waals surface area (Å²) in [4.78, 5) is 17.8. The van der Waals surface area contributed by atoms with E-state index in [1.807, 2.05) is 40.6 Å². The Hall–Kier alpha value is -2.07. The van der Waals surface area contributed by atoms with E-state index in [9.17, 15) is 4.79 Å². The van der Waals surface area contributed by atoms with Gasteiger partial charge in [-0.15, -0.1) is 11.8 Å². The van der Waals surface area contributed by atoms with Gasteiger partial charge >= 0.3 is 0 Å². The Labute approximate surface area is 126 Å². The van der Waals surface area contributed by atoms with Crippen molar-refractivity contribution in [1.29, 1.82) is 0 Å². The summed E-state index contributed by atoms with van der Waals surface area (Å²) in [5.41, 5.74) is 3.12. The molecular weight excluding hydrogens is 280 g/mol. The number of aromatic nitrogens is 2. The number of rotatable bonds is 2. The minimum atomic E-state index is -0.0249. The lowest BCUT2D eigenvalue weighted by Gasteiger charge is -2.15. The lowest BCUT2D eigenvalue weighted by Crippen LogP contribution is -2.23. The van der Waals surface area contributed by atoms with E-state index < -0.39 is 0 Å². The average molecular weight is 294 g/mol. The molecule has 1 aromatic heterocycles. The Balaban J connectivity index is 1.79. The standard InChI is InChI=1S/C17H14N2OS/c20-17-9-18-14-6-2-3-7-15(14)19(17)10-12-11-21-16-8-4-1-5-13(12)16/h1-9,12H,10-11H2. The van der Waals surface area contributed by atoms with Crippen molar-refractivity contribution in [2.75, 3.05) is 5.75 Å². The van der Waals surface area contributed by atoms with Crippen LogP contribution < -0.4 is 5.56 Å². The number of hydrogen-bond acceptors (Lipinski definition) is 3. The molecular formula is C17H14N2OS. The van der Waals surface area contributed by atoms with E-state index in [-0.39, 0.29) is 5.56 Å². The number of benzene rings is 2. The summed E-state index contributed by atoms with van der Waals surface area (Å²) in [6.45, 7) is 0.714. The highest BCUT2D eigenvalue weighted by atomic mass is 32.2. The van der Waals surface area contributed by atoms with Crippen LogP contribution in [0.5, 0.6) is 0 Å². The normalized spacial score (nSPS) is 17.0. The first kappa shape index (κ1) is 12.7. The lowest BCUT2D eigenvalue weighted by atomic mass is 10.0. The topological polar surface area (TPSA) is 34.9 Å². The Bertz CT molecular complexity index is 872. The monoisotopic (exact) mass is 294 g/mol. The Morgan fingerprint density at radius 3 is 2.90 bits per heavy atom. The fourth-order valence-corrected chi connectivity index (χ4v) is 4.15. The van der Waals surface area contributed by atoms with E-state index in [0.717, 1.165) is 16.8 Å². The highest BCUT2D eigenvalue weighted by Crippen LogP contribution is 2.40. The first-order valence-corrected chi connectivity index (χ1v) is 7.98. The molecule has 0 amide bonds. The van der Waals surface area contributed by atoms with Crippen LogP contribution in [0.25, 0.3) is 11.0 Å². The SMILES string of the molecule is O=c1cnc2ccccc2n1CC1CSc2ccccc21. The van der Waals surface area contributed by atoms with Crippen molar-refractivity contribution in [3.05, 3.63) is 70.6 Å². The Morgan fingerprint density at radius 2 is 1.95 bits per heavy atom. The molecule has 0 N–H and O–H groups in total. The summed E-state index contributed by atoms with van der Waals surface area (Å²) >= 11 is 1.88. The Kier molecular flexibility index (Phi) is 3.04. The van der Waals surface area contributed by atoms with Crippen LogP contribution in [0.3, 0.4) is 0 Å². The van der Waals surface area contributed by atoms with Crippen LogP contribution in [-0.2, 0) is 6.54 Å². The molecule has 1 unspecified atom stereocenters. The van der Waals surface area contributed by atoms with Gasteiger partial charge in [-0.2, -0.15) is 0 Å². The zero-order valence-electron chi connectivity index (χ0n) is 11.4. The van der Waals surface area contributed by atoms with Gasteiger partial charge in [0.25, 0.3) is 5.56 Å². The maximum absolute atomic E-state index is 12.2. The van der Waals surface area contributed by atoms with E-state index in [1.165, 1.54) is 16.7 Å². The van der Waals surface area contributed by atoms with Crippen molar-refractivity contribution in [2.24, 2.45) is 0 Å². The maximum Gasteiger partial charge on any atom is 0.269 e. The van der Waals surface area contributed by atoms with Crippen molar-refractivity contribution in [2.45, 2.75) is 17.4 Å². The van der Waals surface area contributed by atoms with Gasteiger partial charge in [0.2, 0.25) is 0 Å². The van der Waals surface area contributed by atoms with E-state index in [2.05, 4.69) is 29.2 Å². The quantitative estimate of drug-likeness (QED) is 0.727. The molecule has 1 aliphatic heterocycles. The Morgan fingerprint density at radius 1 is 1.14 bits per heavy atom. The predicted octanol–water partition coefficient (Wildman–Crippen LogP) is 3.29. The van der Waals surface area contributed by atoms with Crippen LogP contribution in [0.4, 0.5) is 0 Å². The maximum atomic E-state index is 12.2. The van der Waals surface area contributed by atoms with Crippen molar-refractivity contribution in [1.82, 2.24) is 9.55 Å². The summed E-state index contributed by atoms with van der Waals surface area (Å²) in [5.74, 6) is 1.41. The molecule has 3 nitrogen and oxygen atoms in total. The molecule has 0 radical (unpaired) electrons. The molecule has 3 aromatic rings. The lowest BCUT2D eigenvalue weighted by molar-refractivity contribution is 0.603. The summed E-state index contributed by atoms with van der Waals surface area (Å²) in [7, 11) is 0. The summed E-state index contributed by atoms with van der Waals surface area (Å²) < 4.78 is 1.86. The number of thioether (sulfide) groups is 1. The molecule has 0 fully saturated rings. The summed E-state index contributed by atoms with van der Waals surface area (Å²) in [5, 5.41) is 0. The van der Waals surface area contributed by atoms with Gasteiger partial charge in [0, 0.05) is 23.1 Å². The molecule has 0 saturated carbocycles. The van der Waals surface area contributed by atoms with Crippen LogP contribution in [0, 0.1) is 0 Å². The second kappa shape index (κ2) is 5.04. The first-order chi connectivity index (χ1) is 10.3. The number of para-hydroxylation sites is 2. The number of fused-ring (bicyclic) bond motifs is 2. The number of hydrogen-bond donors (Lipinski definition) is 0. The van der Waals surface area contributed by atoms with Crippen molar-refractivity contribution >= 4 is 22.8 Å². The van der Waals surface area contributed by atoms with Gasteiger partial charge < -0.3 is 4.57 Å². The van der Waals surface area contributed by atoms with E-state index in [4.69, 9.17) is 0 Å².